The predicted octanol–water partition coefficient (Wildman–Crippen LogP) is -2.49. The van der Waals surface area contributed by atoms with Crippen molar-refractivity contribution in [3.05, 3.63) is 11.6 Å². The van der Waals surface area contributed by atoms with Crippen molar-refractivity contribution in [1.82, 2.24) is 5.32 Å². The molecule has 0 radical (unpaired) electrons. The van der Waals surface area contributed by atoms with Crippen LogP contribution in [0.25, 0.3) is 0 Å². The third-order valence-corrected chi connectivity index (χ3v) is 4.51. The summed E-state index contributed by atoms with van der Waals surface area (Å²) in [5.74, 6) is 0. The van der Waals surface area contributed by atoms with Crippen molar-refractivity contribution < 1.29 is 35.0 Å². The molecule has 23 heavy (non-hydrogen) atoms. The van der Waals surface area contributed by atoms with Gasteiger partial charge in [-0.2, -0.15) is 0 Å². The van der Waals surface area contributed by atoms with E-state index in [-0.39, 0.29) is 18.3 Å². The SMILES string of the molecule is CCOC1C(O)COC(C)C1NC1C=C(CO)C(O)C(O)C1O. The van der Waals surface area contributed by atoms with Crippen LogP contribution in [0, 0.1) is 0 Å². The molecule has 2 aliphatic rings. The second-order valence-corrected chi connectivity index (χ2v) is 6.07. The summed E-state index contributed by atoms with van der Waals surface area (Å²) < 4.78 is 11.1. The molecule has 0 aromatic carbocycles. The van der Waals surface area contributed by atoms with Gasteiger partial charge in [0.2, 0.25) is 0 Å². The van der Waals surface area contributed by atoms with Crippen molar-refractivity contribution in [3.63, 3.8) is 0 Å². The van der Waals surface area contributed by atoms with E-state index in [2.05, 4.69) is 5.32 Å². The van der Waals surface area contributed by atoms with Crippen LogP contribution in [0.2, 0.25) is 0 Å². The Kier molecular flexibility index (Phi) is 6.52. The number of hydrogen-bond acceptors (Lipinski definition) is 8. The average molecular weight is 333 g/mol. The van der Waals surface area contributed by atoms with Gasteiger partial charge in [-0.25, -0.2) is 0 Å². The molecular weight excluding hydrogens is 306 g/mol. The molecule has 6 N–H and O–H groups in total. The molecule has 1 aliphatic heterocycles. The minimum absolute atomic E-state index is 0.163. The standard InChI is InChI=1S/C15H27NO7/c1-3-22-15-10(18)6-23-7(2)11(15)16-9-4-8(5-17)12(19)14(21)13(9)20/h4,7,9-21H,3,5-6H2,1-2H3. The van der Waals surface area contributed by atoms with Crippen LogP contribution >= 0.6 is 0 Å². The Morgan fingerprint density at radius 2 is 1.96 bits per heavy atom. The molecule has 2 rings (SSSR count). The minimum Gasteiger partial charge on any atom is -0.392 e. The summed E-state index contributed by atoms with van der Waals surface area (Å²) in [6.07, 6.45) is -4.08. The number of hydrogen-bond donors (Lipinski definition) is 6. The van der Waals surface area contributed by atoms with E-state index < -0.39 is 49.2 Å². The topological polar surface area (TPSA) is 132 Å². The molecule has 1 aliphatic carbocycles. The molecule has 134 valence electrons. The van der Waals surface area contributed by atoms with E-state index in [0.29, 0.717) is 6.61 Å². The zero-order valence-electron chi connectivity index (χ0n) is 13.4. The fourth-order valence-corrected chi connectivity index (χ4v) is 3.15. The fraction of sp³-hybridized carbons (Fsp3) is 0.867. The van der Waals surface area contributed by atoms with E-state index in [0.717, 1.165) is 0 Å². The number of aliphatic hydroxyl groups is 5. The van der Waals surface area contributed by atoms with Gasteiger partial charge in [-0.15, -0.1) is 0 Å². The lowest BCUT2D eigenvalue weighted by Gasteiger charge is -2.43. The van der Waals surface area contributed by atoms with Gasteiger partial charge in [0.25, 0.3) is 0 Å². The Balaban J connectivity index is 2.18. The van der Waals surface area contributed by atoms with E-state index in [1.165, 1.54) is 6.08 Å². The molecule has 8 unspecified atom stereocenters. The Labute approximate surface area is 135 Å². The van der Waals surface area contributed by atoms with Crippen molar-refractivity contribution in [2.24, 2.45) is 0 Å². The van der Waals surface area contributed by atoms with Gasteiger partial charge < -0.3 is 40.3 Å². The van der Waals surface area contributed by atoms with E-state index in [4.69, 9.17) is 9.47 Å². The molecule has 1 heterocycles. The lowest BCUT2D eigenvalue weighted by Crippen LogP contribution is -2.64. The Bertz CT molecular complexity index is 419. The first-order chi connectivity index (χ1) is 10.9. The first-order valence-corrected chi connectivity index (χ1v) is 7.93. The quantitative estimate of drug-likeness (QED) is 0.305. The highest BCUT2D eigenvalue weighted by Crippen LogP contribution is 2.24. The lowest BCUT2D eigenvalue weighted by atomic mass is 9.86. The van der Waals surface area contributed by atoms with Crippen LogP contribution in [0.5, 0.6) is 0 Å². The Hall–Kier alpha value is -0.580. The summed E-state index contributed by atoms with van der Waals surface area (Å²) >= 11 is 0. The molecule has 0 amide bonds. The molecule has 1 fully saturated rings. The third kappa shape index (κ3) is 3.92. The molecule has 8 heteroatoms. The zero-order valence-corrected chi connectivity index (χ0v) is 13.4. The maximum Gasteiger partial charge on any atom is 0.111 e. The molecule has 0 bridgehead atoms. The largest absolute Gasteiger partial charge is 0.392 e. The van der Waals surface area contributed by atoms with Crippen LogP contribution in [0.15, 0.2) is 11.6 Å². The van der Waals surface area contributed by atoms with Crippen LogP contribution in [0.3, 0.4) is 0 Å². The molecule has 0 saturated carbocycles. The van der Waals surface area contributed by atoms with Crippen LogP contribution < -0.4 is 5.32 Å². The van der Waals surface area contributed by atoms with Gasteiger partial charge >= 0.3 is 0 Å². The van der Waals surface area contributed by atoms with Crippen LogP contribution in [-0.2, 0) is 9.47 Å². The second kappa shape index (κ2) is 8.00. The van der Waals surface area contributed by atoms with Crippen molar-refractivity contribution in [1.29, 1.82) is 0 Å². The van der Waals surface area contributed by atoms with Crippen molar-refractivity contribution in [2.45, 2.75) is 62.6 Å². The lowest BCUT2D eigenvalue weighted by molar-refractivity contribution is -0.160. The number of rotatable bonds is 5. The van der Waals surface area contributed by atoms with Crippen molar-refractivity contribution >= 4 is 0 Å². The number of aliphatic hydroxyl groups excluding tert-OH is 5. The van der Waals surface area contributed by atoms with Crippen LogP contribution in [-0.4, -0.2) is 94.1 Å². The monoisotopic (exact) mass is 333 g/mol. The highest BCUT2D eigenvalue weighted by molar-refractivity contribution is 5.22. The molecule has 8 atom stereocenters. The molecule has 1 saturated heterocycles. The fourth-order valence-electron chi connectivity index (χ4n) is 3.15. The zero-order chi connectivity index (χ0) is 17.1. The average Bonchev–Trinajstić information content (AvgIpc) is 2.54. The Morgan fingerprint density at radius 1 is 1.26 bits per heavy atom. The third-order valence-electron chi connectivity index (χ3n) is 4.51. The summed E-state index contributed by atoms with van der Waals surface area (Å²) in [6.45, 7) is 3.81. The smallest absolute Gasteiger partial charge is 0.111 e. The first-order valence-electron chi connectivity index (χ1n) is 7.93. The van der Waals surface area contributed by atoms with Gasteiger partial charge in [0.15, 0.2) is 0 Å². The summed E-state index contributed by atoms with van der Waals surface area (Å²) in [5, 5.41) is 52.4. The van der Waals surface area contributed by atoms with Gasteiger partial charge in [0.05, 0.1) is 31.4 Å². The summed E-state index contributed by atoms with van der Waals surface area (Å²) in [6, 6.07) is -1.13. The maximum atomic E-state index is 10.2. The molecular formula is C15H27NO7. The van der Waals surface area contributed by atoms with Crippen LogP contribution in [0.1, 0.15) is 13.8 Å². The van der Waals surface area contributed by atoms with Crippen LogP contribution in [0.4, 0.5) is 0 Å². The van der Waals surface area contributed by atoms with E-state index >= 15 is 0 Å². The van der Waals surface area contributed by atoms with E-state index in [1.54, 1.807) is 0 Å². The van der Waals surface area contributed by atoms with Gasteiger partial charge in [-0.3, -0.25) is 0 Å². The molecule has 0 aromatic heterocycles. The minimum atomic E-state index is -1.41. The molecule has 0 aromatic rings. The van der Waals surface area contributed by atoms with Crippen molar-refractivity contribution in [3.8, 4) is 0 Å². The van der Waals surface area contributed by atoms with Gasteiger partial charge in [-0.05, 0) is 19.4 Å². The molecule has 8 nitrogen and oxygen atoms in total. The van der Waals surface area contributed by atoms with Gasteiger partial charge in [0.1, 0.15) is 30.5 Å². The maximum absolute atomic E-state index is 10.2. The van der Waals surface area contributed by atoms with Crippen molar-refractivity contribution in [2.75, 3.05) is 19.8 Å². The highest BCUT2D eigenvalue weighted by Gasteiger charge is 2.43. The highest BCUT2D eigenvalue weighted by atomic mass is 16.5. The molecule has 0 spiro atoms. The summed E-state index contributed by atoms with van der Waals surface area (Å²) in [5.41, 5.74) is 0.234. The number of ether oxygens (including phenoxy) is 2. The normalized spacial score (nSPS) is 44.9. The summed E-state index contributed by atoms with van der Waals surface area (Å²) in [4.78, 5) is 0. The van der Waals surface area contributed by atoms with E-state index in [1.807, 2.05) is 13.8 Å². The Morgan fingerprint density at radius 3 is 2.57 bits per heavy atom. The summed E-state index contributed by atoms with van der Waals surface area (Å²) in [7, 11) is 0. The van der Waals surface area contributed by atoms with Gasteiger partial charge in [0, 0.05) is 6.61 Å². The van der Waals surface area contributed by atoms with Gasteiger partial charge in [-0.1, -0.05) is 6.08 Å². The van der Waals surface area contributed by atoms with E-state index in [9.17, 15) is 25.5 Å². The first kappa shape index (κ1) is 18.8. The second-order valence-electron chi connectivity index (χ2n) is 6.07. The number of nitrogens with one attached hydrogen (secondary N) is 1. The predicted molar refractivity (Wildman–Crippen MR) is 80.7 cm³/mol.